The topological polar surface area (TPSA) is 175 Å². The van der Waals surface area contributed by atoms with Crippen LogP contribution in [0.2, 0.25) is 0 Å². The van der Waals surface area contributed by atoms with Gasteiger partial charge in [0.2, 0.25) is 35.4 Å². The summed E-state index contributed by atoms with van der Waals surface area (Å²) in [5.74, 6) is -5.73. The number of esters is 1. The van der Waals surface area contributed by atoms with Crippen LogP contribution in [0.1, 0.15) is 96.5 Å². The maximum absolute atomic E-state index is 14.3. The lowest BCUT2D eigenvalue weighted by atomic mass is 9.86. The standard InChI is InChI=1S/C39H54F2N6O8/c1-23-36(51)47-17-9-14-32(47)39(54)55-22-30(37(52)46-16-8-13-31(46)38(53)45(3)24(2)34(49)42-23)44-35(50)29(20-26-18-27(40)21-28(41)19-26)43-33(48)15-7-12-25-10-5-4-6-11-25/h18-19,21,23-25,29-32H,4-17,20,22H2,1-3H3,(H,42,49)(H,43,48)(H,44,50)/t23-,24-,29-,30-,31-,32-/m0/s1. The van der Waals surface area contributed by atoms with Crippen molar-refractivity contribution in [3.8, 4) is 0 Å². The molecule has 5 rings (SSSR count). The Balaban J connectivity index is 1.40. The molecule has 3 aliphatic heterocycles. The number of carbonyl (C=O) groups excluding carboxylic acids is 7. The number of ether oxygens (including phenoxy) is 1. The van der Waals surface area contributed by atoms with Gasteiger partial charge >= 0.3 is 5.97 Å². The van der Waals surface area contributed by atoms with Crippen molar-refractivity contribution in [1.29, 1.82) is 0 Å². The van der Waals surface area contributed by atoms with Crippen LogP contribution in [0.5, 0.6) is 0 Å². The third-order valence-electron chi connectivity index (χ3n) is 11.4. The number of likely N-dealkylation sites (N-methyl/N-ethyl adjacent to an activating group) is 1. The zero-order valence-electron chi connectivity index (χ0n) is 32.0. The first-order valence-electron chi connectivity index (χ1n) is 19.6. The van der Waals surface area contributed by atoms with Crippen LogP contribution in [0.15, 0.2) is 18.2 Å². The summed E-state index contributed by atoms with van der Waals surface area (Å²) < 4.78 is 34.1. The van der Waals surface area contributed by atoms with Crippen LogP contribution in [0.25, 0.3) is 0 Å². The van der Waals surface area contributed by atoms with E-state index in [1.54, 1.807) is 0 Å². The molecule has 1 aliphatic carbocycles. The molecule has 0 aromatic heterocycles. The van der Waals surface area contributed by atoms with Gasteiger partial charge in [-0.25, -0.2) is 13.6 Å². The Morgan fingerprint density at radius 1 is 0.855 bits per heavy atom. The Kier molecular flexibility index (Phi) is 14.2. The van der Waals surface area contributed by atoms with Crippen molar-refractivity contribution in [1.82, 2.24) is 30.7 Å². The van der Waals surface area contributed by atoms with Gasteiger partial charge in [-0.15, -0.1) is 0 Å². The first-order chi connectivity index (χ1) is 26.2. The average Bonchev–Trinajstić information content (AvgIpc) is 3.85. The van der Waals surface area contributed by atoms with Crippen molar-refractivity contribution in [2.24, 2.45) is 5.92 Å². The summed E-state index contributed by atoms with van der Waals surface area (Å²) in [5, 5.41) is 7.93. The molecule has 1 saturated carbocycles. The number of cyclic esters (lactones) is 1. The van der Waals surface area contributed by atoms with E-state index in [0.29, 0.717) is 31.2 Å². The second kappa shape index (κ2) is 18.8. The summed E-state index contributed by atoms with van der Waals surface area (Å²) >= 11 is 0. The number of hydrogen-bond donors (Lipinski definition) is 3. The minimum Gasteiger partial charge on any atom is -0.461 e. The summed E-state index contributed by atoms with van der Waals surface area (Å²) in [6, 6.07) is -4.17. The van der Waals surface area contributed by atoms with Crippen LogP contribution in [0, 0.1) is 17.6 Å². The molecule has 3 saturated heterocycles. The number of halogens is 2. The first kappa shape index (κ1) is 41.5. The highest BCUT2D eigenvalue weighted by Gasteiger charge is 2.43. The van der Waals surface area contributed by atoms with Gasteiger partial charge in [0.05, 0.1) is 0 Å². The molecule has 6 amide bonds. The van der Waals surface area contributed by atoms with E-state index in [-0.39, 0.29) is 44.3 Å². The number of nitrogens with one attached hydrogen (secondary N) is 3. The highest BCUT2D eigenvalue weighted by molar-refractivity contribution is 5.97. The van der Waals surface area contributed by atoms with E-state index in [1.165, 1.54) is 42.0 Å². The normalized spacial score (nSPS) is 26.6. The molecule has 14 nitrogen and oxygen atoms in total. The molecule has 6 atom stereocenters. The molecule has 55 heavy (non-hydrogen) atoms. The zero-order valence-corrected chi connectivity index (χ0v) is 32.0. The number of rotatable bonds is 9. The molecule has 0 unspecified atom stereocenters. The summed E-state index contributed by atoms with van der Waals surface area (Å²) in [4.78, 5) is 99.2. The van der Waals surface area contributed by atoms with Gasteiger partial charge in [0.15, 0.2) is 0 Å². The molecule has 4 aliphatic rings. The van der Waals surface area contributed by atoms with E-state index in [1.807, 2.05) is 0 Å². The van der Waals surface area contributed by atoms with E-state index in [2.05, 4.69) is 16.0 Å². The third-order valence-corrected chi connectivity index (χ3v) is 11.4. The van der Waals surface area contributed by atoms with Gasteiger partial charge < -0.3 is 35.4 Å². The Morgan fingerprint density at radius 3 is 2.16 bits per heavy atom. The molecule has 1 aromatic rings. The molecule has 0 bridgehead atoms. The quantitative estimate of drug-likeness (QED) is 0.320. The number of hydrogen-bond acceptors (Lipinski definition) is 8. The van der Waals surface area contributed by atoms with Crippen molar-refractivity contribution in [2.75, 3.05) is 26.7 Å². The van der Waals surface area contributed by atoms with Crippen LogP contribution < -0.4 is 16.0 Å². The van der Waals surface area contributed by atoms with Crippen molar-refractivity contribution >= 4 is 41.4 Å². The summed E-state index contributed by atoms with van der Waals surface area (Å²) in [7, 11) is 1.43. The van der Waals surface area contributed by atoms with Crippen molar-refractivity contribution in [2.45, 2.75) is 134 Å². The predicted molar refractivity (Wildman–Crippen MR) is 195 cm³/mol. The second-order valence-corrected chi connectivity index (χ2v) is 15.4. The van der Waals surface area contributed by atoms with Gasteiger partial charge in [0.25, 0.3) is 0 Å². The van der Waals surface area contributed by atoms with Gasteiger partial charge in [0.1, 0.15) is 54.5 Å². The fraction of sp³-hybridized carbons (Fsp3) is 0.667. The molecule has 302 valence electrons. The Labute approximate surface area is 320 Å². The lowest BCUT2D eigenvalue weighted by molar-refractivity contribution is -0.158. The highest BCUT2D eigenvalue weighted by atomic mass is 19.1. The smallest absolute Gasteiger partial charge is 0.328 e. The van der Waals surface area contributed by atoms with E-state index >= 15 is 0 Å². The molecule has 3 N–H and O–H groups in total. The fourth-order valence-corrected chi connectivity index (χ4v) is 8.19. The van der Waals surface area contributed by atoms with Crippen molar-refractivity contribution in [3.63, 3.8) is 0 Å². The van der Waals surface area contributed by atoms with E-state index in [9.17, 15) is 42.3 Å². The highest BCUT2D eigenvalue weighted by Crippen LogP contribution is 2.28. The van der Waals surface area contributed by atoms with Crippen LogP contribution in [-0.2, 0) is 44.7 Å². The lowest BCUT2D eigenvalue weighted by Gasteiger charge is -2.34. The zero-order chi connectivity index (χ0) is 39.8. The molecule has 1 aromatic carbocycles. The van der Waals surface area contributed by atoms with Crippen LogP contribution in [0.3, 0.4) is 0 Å². The van der Waals surface area contributed by atoms with E-state index < -0.39 is 95.9 Å². The summed E-state index contributed by atoms with van der Waals surface area (Å²) in [5.41, 5.74) is 0.0857. The average molecular weight is 773 g/mol. The molecule has 4 fully saturated rings. The fourth-order valence-electron chi connectivity index (χ4n) is 8.19. The lowest BCUT2D eigenvalue weighted by Crippen LogP contribution is -2.60. The van der Waals surface area contributed by atoms with Crippen LogP contribution >= 0.6 is 0 Å². The van der Waals surface area contributed by atoms with Gasteiger partial charge in [-0.2, -0.15) is 0 Å². The summed E-state index contributed by atoms with van der Waals surface area (Å²) in [6.07, 6.45) is 8.46. The Hall–Kier alpha value is -4.63. The van der Waals surface area contributed by atoms with Crippen LogP contribution in [0.4, 0.5) is 8.78 Å². The molecule has 0 radical (unpaired) electrons. The van der Waals surface area contributed by atoms with E-state index in [4.69, 9.17) is 4.74 Å². The maximum atomic E-state index is 14.3. The number of benzene rings is 1. The van der Waals surface area contributed by atoms with Crippen molar-refractivity contribution in [3.05, 3.63) is 35.4 Å². The molecule has 3 heterocycles. The minimum absolute atomic E-state index is 0.0857. The molecular formula is C39H54F2N6O8. The monoisotopic (exact) mass is 772 g/mol. The first-order valence-corrected chi connectivity index (χ1v) is 19.6. The molecule has 0 spiro atoms. The predicted octanol–water partition coefficient (Wildman–Crippen LogP) is 2.12. The molecular weight excluding hydrogens is 718 g/mol. The van der Waals surface area contributed by atoms with Gasteiger partial charge in [-0.3, -0.25) is 28.8 Å². The summed E-state index contributed by atoms with van der Waals surface area (Å²) in [6.45, 7) is 2.70. The number of carbonyl (C=O) groups is 7. The van der Waals surface area contributed by atoms with E-state index in [0.717, 1.165) is 44.2 Å². The third kappa shape index (κ3) is 10.6. The SMILES string of the molecule is C[C@@H]1NC(=O)[C@H](C)N(C)C(=O)[C@@H]2CCCN2C(=O)[C@@H](NC(=O)[C@H](Cc2cc(F)cc(F)c2)NC(=O)CCCC2CCCCC2)COC(=O)[C@@H]2CCCN2C1=O. The maximum Gasteiger partial charge on any atom is 0.328 e. The van der Waals surface area contributed by atoms with Gasteiger partial charge in [-0.05, 0) is 76.0 Å². The number of fused-ring (bicyclic) bond motifs is 2. The molecule has 16 heteroatoms. The largest absolute Gasteiger partial charge is 0.461 e. The Morgan fingerprint density at radius 2 is 1.49 bits per heavy atom. The second-order valence-electron chi connectivity index (χ2n) is 15.4. The van der Waals surface area contributed by atoms with Gasteiger partial charge in [0, 0.05) is 39.0 Å². The van der Waals surface area contributed by atoms with Crippen molar-refractivity contribution < 1.29 is 47.1 Å². The Bertz CT molecular complexity index is 1600. The van der Waals surface area contributed by atoms with Gasteiger partial charge in [-0.1, -0.05) is 32.1 Å². The minimum atomic E-state index is -1.54. The van der Waals surface area contributed by atoms with Crippen LogP contribution in [-0.4, -0.2) is 119 Å². The number of nitrogens with zero attached hydrogens (tertiary/aromatic N) is 3. The number of amides is 6.